The Labute approximate surface area is 228 Å². The Morgan fingerprint density at radius 3 is 2.42 bits per heavy atom. The van der Waals surface area contributed by atoms with Gasteiger partial charge >= 0.3 is 0 Å². The van der Waals surface area contributed by atoms with Crippen LogP contribution in [0, 0.1) is 17.8 Å². The summed E-state index contributed by atoms with van der Waals surface area (Å²) in [6.07, 6.45) is 0. The van der Waals surface area contributed by atoms with E-state index in [1.54, 1.807) is 28.8 Å². The number of aromatic nitrogens is 2. The third-order valence-electron chi connectivity index (χ3n) is 8.18. The molecule has 2 fully saturated rings. The molecule has 3 aliphatic heterocycles. The van der Waals surface area contributed by atoms with Gasteiger partial charge in [-0.15, -0.1) is 0 Å². The maximum absolute atomic E-state index is 14.4. The van der Waals surface area contributed by atoms with Crippen molar-refractivity contribution in [3.8, 4) is 5.69 Å². The molecule has 0 unspecified atom stereocenters. The SMILES string of the molecule is CC(C)[C@@H]1N[C@@]2(c3ccccc3-n3c2nc2ccccc2c3=O)[C@H]2C(=O)N(c3ccc(Cl)c(Cl)c3)C(=O)[C@@H]12. The van der Waals surface area contributed by atoms with Crippen molar-refractivity contribution in [2.24, 2.45) is 17.8 Å². The van der Waals surface area contributed by atoms with E-state index in [9.17, 15) is 14.4 Å². The van der Waals surface area contributed by atoms with Gasteiger partial charge in [-0.1, -0.05) is 67.4 Å². The van der Waals surface area contributed by atoms with Crippen molar-refractivity contribution in [2.45, 2.75) is 25.4 Å². The molecule has 0 bridgehead atoms. The smallest absolute Gasteiger partial charge is 0.266 e. The van der Waals surface area contributed by atoms with Gasteiger partial charge in [0.25, 0.3) is 5.56 Å². The molecule has 190 valence electrons. The van der Waals surface area contributed by atoms with E-state index < -0.39 is 17.4 Å². The molecule has 4 aromatic rings. The highest BCUT2D eigenvalue weighted by Gasteiger charge is 2.70. The number of para-hydroxylation sites is 2. The third-order valence-corrected chi connectivity index (χ3v) is 8.92. The molecule has 2 saturated heterocycles. The van der Waals surface area contributed by atoms with Gasteiger partial charge in [-0.3, -0.25) is 24.3 Å². The van der Waals surface area contributed by atoms with Crippen molar-refractivity contribution in [1.29, 1.82) is 0 Å². The summed E-state index contributed by atoms with van der Waals surface area (Å²) in [5.74, 6) is -1.71. The van der Waals surface area contributed by atoms with Crippen LogP contribution in [0.2, 0.25) is 10.0 Å². The molecule has 7 rings (SSSR count). The Kier molecular flexibility index (Phi) is 4.96. The summed E-state index contributed by atoms with van der Waals surface area (Å²) in [6.45, 7) is 4.05. The van der Waals surface area contributed by atoms with Crippen LogP contribution in [0.5, 0.6) is 0 Å². The molecule has 4 atom stereocenters. The van der Waals surface area contributed by atoms with Gasteiger partial charge in [0.15, 0.2) is 0 Å². The van der Waals surface area contributed by atoms with E-state index in [0.29, 0.717) is 33.1 Å². The summed E-state index contributed by atoms with van der Waals surface area (Å²) in [7, 11) is 0. The lowest BCUT2D eigenvalue weighted by Gasteiger charge is -2.32. The molecular formula is C29H22Cl2N4O3. The number of benzene rings is 3. The molecule has 1 aromatic heterocycles. The normalized spacial score (nSPS) is 25.5. The lowest BCUT2D eigenvalue weighted by atomic mass is 9.75. The van der Waals surface area contributed by atoms with Gasteiger partial charge in [-0.05, 0) is 42.3 Å². The number of hydrogen-bond acceptors (Lipinski definition) is 5. The topological polar surface area (TPSA) is 84.3 Å². The van der Waals surface area contributed by atoms with Crippen LogP contribution in [0.3, 0.4) is 0 Å². The molecule has 0 aliphatic carbocycles. The first kappa shape index (κ1) is 23.6. The van der Waals surface area contributed by atoms with Crippen LogP contribution in [0.15, 0.2) is 71.5 Å². The van der Waals surface area contributed by atoms with Crippen LogP contribution >= 0.6 is 23.2 Å². The molecule has 0 radical (unpaired) electrons. The van der Waals surface area contributed by atoms with Gasteiger partial charge in [0, 0.05) is 11.6 Å². The summed E-state index contributed by atoms with van der Waals surface area (Å²) in [5.41, 5.74) is 0.957. The zero-order valence-corrected chi connectivity index (χ0v) is 22.0. The number of carbonyl (C=O) groups excluding carboxylic acids is 2. The summed E-state index contributed by atoms with van der Waals surface area (Å²) in [5, 5.41) is 4.77. The van der Waals surface area contributed by atoms with Crippen LogP contribution in [0.25, 0.3) is 16.6 Å². The number of hydrogen-bond donors (Lipinski definition) is 1. The molecule has 7 nitrogen and oxygen atoms in total. The number of halogens is 2. The minimum absolute atomic E-state index is 0.0146. The molecule has 1 N–H and O–H groups in total. The fraction of sp³-hybridized carbons (Fsp3) is 0.241. The zero-order chi connectivity index (χ0) is 26.5. The Balaban J connectivity index is 1.53. The molecule has 2 amide bonds. The first-order valence-corrected chi connectivity index (χ1v) is 13.2. The van der Waals surface area contributed by atoms with Gasteiger partial charge in [0.1, 0.15) is 11.4 Å². The fourth-order valence-electron chi connectivity index (χ4n) is 6.60. The summed E-state index contributed by atoms with van der Waals surface area (Å²) in [6, 6.07) is 19.1. The monoisotopic (exact) mass is 544 g/mol. The summed E-state index contributed by atoms with van der Waals surface area (Å²) < 4.78 is 1.60. The molecule has 9 heteroatoms. The Morgan fingerprint density at radius 1 is 0.921 bits per heavy atom. The van der Waals surface area contributed by atoms with Gasteiger partial charge in [0.05, 0.1) is 44.2 Å². The second-order valence-electron chi connectivity index (χ2n) is 10.4. The number of fused-ring (bicyclic) bond motifs is 8. The number of nitrogens with zero attached hydrogens (tertiary/aromatic N) is 3. The molecule has 3 aliphatic rings. The van der Waals surface area contributed by atoms with Crippen molar-refractivity contribution < 1.29 is 9.59 Å². The highest BCUT2D eigenvalue weighted by molar-refractivity contribution is 6.42. The van der Waals surface area contributed by atoms with E-state index in [1.165, 1.54) is 11.0 Å². The zero-order valence-electron chi connectivity index (χ0n) is 20.5. The van der Waals surface area contributed by atoms with E-state index in [4.69, 9.17) is 28.2 Å². The Bertz CT molecular complexity index is 1770. The summed E-state index contributed by atoms with van der Waals surface area (Å²) >= 11 is 12.4. The standard InChI is InChI=1S/C29H22Cl2N4O3/c1-14(2)24-22-23(27(38)34(26(22)37)15-11-12-18(30)19(31)13-15)29(33-24)17-8-4-6-10-21(17)35-25(36)16-7-3-5-9-20(16)32-28(29)35/h3-14,22-24,33H,1-2H3/t22-,23-,24+,29+/m1/s1. The maximum Gasteiger partial charge on any atom is 0.266 e. The molecule has 4 heterocycles. The van der Waals surface area contributed by atoms with Crippen molar-refractivity contribution in [2.75, 3.05) is 4.90 Å². The lowest BCUT2D eigenvalue weighted by molar-refractivity contribution is -0.123. The average Bonchev–Trinajstić information content (AvgIpc) is 3.50. The van der Waals surface area contributed by atoms with E-state index in [2.05, 4.69) is 5.32 Å². The van der Waals surface area contributed by atoms with Gasteiger partial charge in [-0.25, -0.2) is 9.88 Å². The number of imide groups is 1. The molecule has 0 saturated carbocycles. The average molecular weight is 545 g/mol. The van der Waals surface area contributed by atoms with E-state index in [0.717, 1.165) is 5.56 Å². The lowest BCUT2D eigenvalue weighted by Crippen LogP contribution is -2.51. The number of rotatable bonds is 2. The van der Waals surface area contributed by atoms with Crippen LogP contribution in [0.4, 0.5) is 5.69 Å². The van der Waals surface area contributed by atoms with Crippen LogP contribution in [0.1, 0.15) is 25.2 Å². The minimum Gasteiger partial charge on any atom is -0.296 e. The van der Waals surface area contributed by atoms with Gasteiger partial charge < -0.3 is 0 Å². The second kappa shape index (κ2) is 7.99. The predicted molar refractivity (Wildman–Crippen MR) is 146 cm³/mol. The Hall–Kier alpha value is -3.52. The Morgan fingerprint density at radius 2 is 1.66 bits per heavy atom. The molecule has 38 heavy (non-hydrogen) atoms. The number of carbonyl (C=O) groups is 2. The van der Waals surface area contributed by atoms with Crippen molar-refractivity contribution in [1.82, 2.24) is 14.9 Å². The van der Waals surface area contributed by atoms with Gasteiger partial charge in [0.2, 0.25) is 11.8 Å². The van der Waals surface area contributed by atoms with Crippen molar-refractivity contribution >= 4 is 51.6 Å². The molecular weight excluding hydrogens is 523 g/mol. The van der Waals surface area contributed by atoms with Crippen LogP contribution in [-0.4, -0.2) is 27.4 Å². The molecule has 1 spiro atoms. The largest absolute Gasteiger partial charge is 0.296 e. The van der Waals surface area contributed by atoms with Crippen molar-refractivity contribution in [3.05, 3.63) is 98.5 Å². The number of nitrogens with one attached hydrogen (secondary N) is 1. The van der Waals surface area contributed by atoms with Crippen LogP contribution in [-0.2, 0) is 15.1 Å². The van der Waals surface area contributed by atoms with E-state index >= 15 is 0 Å². The first-order valence-electron chi connectivity index (χ1n) is 12.5. The first-order chi connectivity index (χ1) is 18.3. The van der Waals surface area contributed by atoms with E-state index in [1.807, 2.05) is 50.2 Å². The minimum atomic E-state index is -1.17. The third kappa shape index (κ3) is 2.84. The van der Waals surface area contributed by atoms with Gasteiger partial charge in [-0.2, -0.15) is 0 Å². The maximum atomic E-state index is 14.4. The second-order valence-corrected chi connectivity index (χ2v) is 11.3. The number of amides is 2. The van der Waals surface area contributed by atoms with Crippen LogP contribution < -0.4 is 15.8 Å². The number of anilines is 1. The summed E-state index contributed by atoms with van der Waals surface area (Å²) in [4.78, 5) is 48.5. The predicted octanol–water partition coefficient (Wildman–Crippen LogP) is 4.68. The van der Waals surface area contributed by atoms with Crippen molar-refractivity contribution in [3.63, 3.8) is 0 Å². The highest BCUT2D eigenvalue weighted by atomic mass is 35.5. The molecule has 3 aromatic carbocycles. The van der Waals surface area contributed by atoms with E-state index in [-0.39, 0.29) is 34.4 Å². The quantitative estimate of drug-likeness (QED) is 0.370. The fourth-order valence-corrected chi connectivity index (χ4v) is 6.90. The highest BCUT2D eigenvalue weighted by Crippen LogP contribution is 2.56.